The van der Waals surface area contributed by atoms with Crippen LogP contribution in [0.3, 0.4) is 0 Å². The van der Waals surface area contributed by atoms with Crippen molar-refractivity contribution in [1.29, 1.82) is 0 Å². The van der Waals surface area contributed by atoms with E-state index in [0.29, 0.717) is 0 Å². The van der Waals surface area contributed by atoms with Gasteiger partial charge in [-0.1, -0.05) is 18.2 Å². The summed E-state index contributed by atoms with van der Waals surface area (Å²) >= 11 is 0. The molecule has 6 heteroatoms. The molecule has 4 saturated carbocycles. The van der Waals surface area contributed by atoms with Gasteiger partial charge in [0.1, 0.15) is 0 Å². The summed E-state index contributed by atoms with van der Waals surface area (Å²) in [5.74, 6) is 2.17. The fraction of sp³-hybridized carbons (Fsp3) is 0.680. The molecular formula is C25H37N4O2+. The number of hydrogen-bond donors (Lipinski definition) is 3. The molecule has 3 amide bonds. The molecule has 0 aromatic heterocycles. The monoisotopic (exact) mass is 425 g/mol. The van der Waals surface area contributed by atoms with Crippen LogP contribution in [0.25, 0.3) is 0 Å². The number of imide groups is 1. The maximum atomic E-state index is 12.8. The highest BCUT2D eigenvalue weighted by molar-refractivity contribution is 5.96. The zero-order valence-corrected chi connectivity index (χ0v) is 19.0. The lowest BCUT2D eigenvalue weighted by molar-refractivity contribution is -0.914. The van der Waals surface area contributed by atoms with Crippen molar-refractivity contribution < 1.29 is 14.5 Å². The van der Waals surface area contributed by atoms with Gasteiger partial charge in [0, 0.05) is 11.2 Å². The van der Waals surface area contributed by atoms with Gasteiger partial charge in [-0.25, -0.2) is 4.79 Å². The summed E-state index contributed by atoms with van der Waals surface area (Å²) in [5, 5.41) is 5.94. The van der Waals surface area contributed by atoms with Gasteiger partial charge < -0.3 is 15.1 Å². The number of nitrogens with zero attached hydrogens (tertiary/aromatic N) is 1. The maximum absolute atomic E-state index is 12.8. The van der Waals surface area contributed by atoms with Gasteiger partial charge in [0.15, 0.2) is 6.04 Å². The Morgan fingerprint density at radius 3 is 2.19 bits per heavy atom. The van der Waals surface area contributed by atoms with Gasteiger partial charge >= 0.3 is 6.03 Å². The van der Waals surface area contributed by atoms with Gasteiger partial charge in [0.05, 0.1) is 26.2 Å². The summed E-state index contributed by atoms with van der Waals surface area (Å²) < 4.78 is 0. The molecule has 1 aliphatic heterocycles. The third-order valence-electron chi connectivity index (χ3n) is 8.52. The van der Waals surface area contributed by atoms with Gasteiger partial charge in [0.25, 0.3) is 5.91 Å². The predicted molar refractivity (Wildman–Crippen MR) is 121 cm³/mol. The Morgan fingerprint density at radius 2 is 1.61 bits per heavy atom. The van der Waals surface area contributed by atoms with Gasteiger partial charge in [-0.15, -0.1) is 0 Å². The first-order chi connectivity index (χ1) is 14.9. The Kier molecular flexibility index (Phi) is 5.45. The summed E-state index contributed by atoms with van der Waals surface area (Å²) in [7, 11) is 0. The standard InChI is InChI=1S/C25H36N4O2/c1-17-5-3-4-6-22(17)29-9-7-28(8-10-29)18(2)23(30)26-24(31)27-25-14-19-11-20(15-25)13-21(12-19)16-25/h3-6,18-21H,7-16H2,1-2H3,(H2,26,27,30,31)/p+1/t18-,19?,20?,21?,25?/m1/s1. The quantitative estimate of drug-likeness (QED) is 0.690. The number of carbonyl (C=O) groups is 2. The summed E-state index contributed by atoms with van der Waals surface area (Å²) in [4.78, 5) is 29.2. The summed E-state index contributed by atoms with van der Waals surface area (Å²) in [6, 6.07) is 7.97. The van der Waals surface area contributed by atoms with E-state index in [0.717, 1.165) is 63.2 Å². The number of para-hydroxylation sites is 1. The van der Waals surface area contributed by atoms with Crippen molar-refractivity contribution in [1.82, 2.24) is 10.6 Å². The number of aryl methyl sites for hydroxylation is 1. The van der Waals surface area contributed by atoms with E-state index in [-0.39, 0.29) is 23.5 Å². The van der Waals surface area contributed by atoms with Crippen molar-refractivity contribution in [3.8, 4) is 0 Å². The average Bonchev–Trinajstić information content (AvgIpc) is 2.72. The van der Waals surface area contributed by atoms with E-state index in [1.54, 1.807) is 0 Å². The van der Waals surface area contributed by atoms with Crippen LogP contribution in [0.2, 0.25) is 0 Å². The molecule has 1 aromatic rings. The molecule has 6 rings (SSSR count). The van der Waals surface area contributed by atoms with Crippen LogP contribution < -0.4 is 20.4 Å². The number of nitrogens with one attached hydrogen (secondary N) is 3. The third kappa shape index (κ3) is 4.19. The highest BCUT2D eigenvalue weighted by Crippen LogP contribution is 2.55. The Labute approximate surface area is 185 Å². The molecule has 1 atom stereocenters. The Hall–Kier alpha value is -2.08. The number of anilines is 1. The van der Waals surface area contributed by atoms with Crippen molar-refractivity contribution in [3.63, 3.8) is 0 Å². The topological polar surface area (TPSA) is 65.9 Å². The van der Waals surface area contributed by atoms with E-state index < -0.39 is 0 Å². The van der Waals surface area contributed by atoms with Crippen molar-refractivity contribution >= 4 is 17.6 Å². The van der Waals surface area contributed by atoms with Crippen LogP contribution in [0.15, 0.2) is 24.3 Å². The molecule has 1 saturated heterocycles. The third-order valence-corrected chi connectivity index (χ3v) is 8.52. The molecule has 3 N–H and O–H groups in total. The van der Waals surface area contributed by atoms with Crippen LogP contribution in [0.1, 0.15) is 51.0 Å². The Balaban J connectivity index is 1.12. The normalized spacial score (nSPS) is 33.2. The van der Waals surface area contributed by atoms with Crippen LogP contribution in [-0.2, 0) is 4.79 Å². The average molecular weight is 426 g/mol. The van der Waals surface area contributed by atoms with E-state index >= 15 is 0 Å². The van der Waals surface area contributed by atoms with Crippen LogP contribution in [0.4, 0.5) is 10.5 Å². The van der Waals surface area contributed by atoms with Crippen LogP contribution in [0.5, 0.6) is 0 Å². The van der Waals surface area contributed by atoms with Gasteiger partial charge in [-0.2, -0.15) is 0 Å². The lowest BCUT2D eigenvalue weighted by Crippen LogP contribution is -3.19. The summed E-state index contributed by atoms with van der Waals surface area (Å²) in [5.41, 5.74) is 2.51. The Morgan fingerprint density at radius 1 is 1.03 bits per heavy atom. The molecular weight excluding hydrogens is 388 g/mol. The fourth-order valence-corrected chi connectivity index (χ4v) is 7.33. The molecule has 4 bridgehead atoms. The molecule has 168 valence electrons. The van der Waals surface area contributed by atoms with Crippen molar-refractivity contribution in [2.75, 3.05) is 31.1 Å². The van der Waals surface area contributed by atoms with E-state index in [9.17, 15) is 9.59 Å². The number of amides is 3. The molecule has 4 aliphatic carbocycles. The van der Waals surface area contributed by atoms with E-state index in [2.05, 4.69) is 46.7 Å². The molecule has 5 aliphatic rings. The molecule has 1 aromatic carbocycles. The first-order valence-corrected chi connectivity index (χ1v) is 12.2. The summed E-state index contributed by atoms with van der Waals surface area (Å²) in [6.45, 7) is 7.76. The molecule has 0 spiro atoms. The zero-order valence-electron chi connectivity index (χ0n) is 19.0. The van der Waals surface area contributed by atoms with E-state index in [1.807, 2.05) is 6.92 Å². The first kappa shape index (κ1) is 20.8. The highest BCUT2D eigenvalue weighted by Gasteiger charge is 2.51. The predicted octanol–water partition coefficient (Wildman–Crippen LogP) is 1.88. The van der Waals surface area contributed by atoms with Crippen LogP contribution in [-0.4, -0.2) is 49.7 Å². The van der Waals surface area contributed by atoms with Crippen molar-refractivity contribution in [2.45, 2.75) is 64.0 Å². The molecule has 6 nitrogen and oxygen atoms in total. The molecule has 31 heavy (non-hydrogen) atoms. The number of piperazine rings is 1. The largest absolute Gasteiger partial charge is 0.360 e. The van der Waals surface area contributed by atoms with Crippen molar-refractivity contribution in [2.24, 2.45) is 17.8 Å². The summed E-state index contributed by atoms with van der Waals surface area (Å²) in [6.07, 6.45) is 7.33. The van der Waals surface area contributed by atoms with Crippen molar-refractivity contribution in [3.05, 3.63) is 29.8 Å². The molecule has 0 unspecified atom stereocenters. The number of rotatable bonds is 4. The maximum Gasteiger partial charge on any atom is 0.322 e. The second-order valence-electron chi connectivity index (χ2n) is 10.8. The minimum Gasteiger partial charge on any atom is -0.360 e. The number of hydrogen-bond acceptors (Lipinski definition) is 3. The van der Waals surface area contributed by atoms with E-state index in [4.69, 9.17) is 0 Å². The number of carbonyl (C=O) groups excluding carboxylic acids is 2. The SMILES string of the molecule is Cc1ccccc1N1CC[NH+]([C@H](C)C(=O)NC(=O)NC23CC4CC(CC(C4)C2)C3)CC1. The minimum atomic E-state index is -0.281. The van der Waals surface area contributed by atoms with E-state index in [1.165, 1.54) is 35.4 Å². The second kappa shape index (κ2) is 8.12. The van der Waals surface area contributed by atoms with Gasteiger partial charge in [-0.05, 0) is 81.8 Å². The first-order valence-electron chi connectivity index (χ1n) is 12.2. The molecule has 0 radical (unpaired) electrons. The lowest BCUT2D eigenvalue weighted by Gasteiger charge is -2.56. The lowest BCUT2D eigenvalue weighted by atomic mass is 9.53. The smallest absolute Gasteiger partial charge is 0.322 e. The number of quaternary nitrogens is 1. The fourth-order valence-electron chi connectivity index (χ4n) is 7.33. The van der Waals surface area contributed by atoms with Crippen LogP contribution in [0, 0.1) is 24.7 Å². The molecule has 5 fully saturated rings. The highest BCUT2D eigenvalue weighted by atomic mass is 16.2. The van der Waals surface area contributed by atoms with Gasteiger partial charge in [0.2, 0.25) is 0 Å². The number of benzene rings is 1. The van der Waals surface area contributed by atoms with Crippen LogP contribution >= 0.6 is 0 Å². The minimum absolute atomic E-state index is 0.0611. The Bertz CT molecular complexity index is 810. The zero-order chi connectivity index (χ0) is 21.6. The molecule has 1 heterocycles. The number of urea groups is 1. The van der Waals surface area contributed by atoms with Gasteiger partial charge in [-0.3, -0.25) is 10.1 Å². The second-order valence-corrected chi connectivity index (χ2v) is 10.8.